The van der Waals surface area contributed by atoms with Crippen molar-refractivity contribution in [1.29, 1.82) is 0 Å². The number of fused-ring (bicyclic) bond motifs is 1. The van der Waals surface area contributed by atoms with Crippen LogP contribution in [0, 0.1) is 5.82 Å². The van der Waals surface area contributed by atoms with Crippen molar-refractivity contribution in [2.24, 2.45) is 0 Å². The van der Waals surface area contributed by atoms with E-state index in [-0.39, 0.29) is 11.6 Å². The minimum Gasteiger partial charge on any atom is -0.494 e. The van der Waals surface area contributed by atoms with Crippen LogP contribution < -0.4 is 9.47 Å². The molecule has 0 aromatic heterocycles. The molecule has 0 N–H and O–H groups in total. The van der Waals surface area contributed by atoms with Crippen molar-refractivity contribution in [3.8, 4) is 11.5 Å². The van der Waals surface area contributed by atoms with Gasteiger partial charge >= 0.3 is 6.18 Å². The molecule has 0 radical (unpaired) electrons. The molecule has 0 aliphatic carbocycles. The lowest BCUT2D eigenvalue weighted by Crippen LogP contribution is -2.19. The third kappa shape index (κ3) is 9.80. The highest BCUT2D eigenvalue weighted by atomic mass is 19.4. The lowest BCUT2D eigenvalue weighted by atomic mass is 9.97. The molecule has 0 bridgehead atoms. The van der Waals surface area contributed by atoms with Gasteiger partial charge in [0.05, 0.1) is 6.61 Å². The number of hydrogen-bond acceptors (Lipinski definition) is 2. The molecule has 4 aromatic rings. The zero-order valence-corrected chi connectivity index (χ0v) is 23.6. The monoisotopic (exact) mass is 566 g/mol. The summed E-state index contributed by atoms with van der Waals surface area (Å²) in [5.41, 5.74) is 3.92. The number of aryl methyl sites for hydroxylation is 4. The first kappa shape index (κ1) is 30.4. The summed E-state index contributed by atoms with van der Waals surface area (Å²) in [6.45, 7) is 1.66. The topological polar surface area (TPSA) is 18.5 Å². The van der Waals surface area contributed by atoms with Gasteiger partial charge in [-0.2, -0.15) is 13.2 Å². The first-order chi connectivity index (χ1) is 19.8. The molecule has 4 aromatic carbocycles. The molecule has 0 spiro atoms. The molecule has 0 saturated heterocycles. The van der Waals surface area contributed by atoms with Crippen molar-refractivity contribution in [2.75, 3.05) is 13.2 Å². The third-order valence-electron chi connectivity index (χ3n) is 7.25. The fraction of sp³-hybridized carbons (Fsp3) is 0.371. The zero-order chi connectivity index (χ0) is 29.1. The summed E-state index contributed by atoms with van der Waals surface area (Å²) >= 11 is 0. The second-order valence-corrected chi connectivity index (χ2v) is 10.5. The molecule has 218 valence electrons. The first-order valence-electron chi connectivity index (χ1n) is 14.5. The van der Waals surface area contributed by atoms with E-state index >= 15 is 4.39 Å². The van der Waals surface area contributed by atoms with Gasteiger partial charge in [-0.1, -0.05) is 87.2 Å². The van der Waals surface area contributed by atoms with Crippen LogP contribution >= 0.6 is 0 Å². The van der Waals surface area contributed by atoms with E-state index in [9.17, 15) is 13.2 Å². The van der Waals surface area contributed by atoms with Crippen LogP contribution in [0.4, 0.5) is 17.6 Å². The lowest BCUT2D eigenvalue weighted by Gasteiger charge is -2.11. The average Bonchev–Trinajstić information content (AvgIpc) is 2.97. The van der Waals surface area contributed by atoms with E-state index in [0.29, 0.717) is 23.8 Å². The zero-order valence-electron chi connectivity index (χ0n) is 23.6. The van der Waals surface area contributed by atoms with Crippen molar-refractivity contribution in [2.45, 2.75) is 70.9 Å². The Morgan fingerprint density at radius 1 is 0.610 bits per heavy atom. The van der Waals surface area contributed by atoms with Gasteiger partial charge in [-0.15, -0.1) is 0 Å². The standard InChI is InChI=1S/C35H38F4O2/c1-2-3-4-5-6-23-40-31-18-10-26(11-19-31)7-8-28-14-22-33-30(24-28)17-16-29(34(33)36)15-9-27-12-20-32(21-13-27)41-25-35(37,38)39/h10-14,16-22,24H,2-9,15,23,25H2,1H3. The van der Waals surface area contributed by atoms with E-state index < -0.39 is 12.8 Å². The highest BCUT2D eigenvalue weighted by Crippen LogP contribution is 2.25. The van der Waals surface area contributed by atoms with Crippen molar-refractivity contribution >= 4 is 10.8 Å². The Kier molecular flexibility index (Phi) is 11.1. The van der Waals surface area contributed by atoms with Gasteiger partial charge in [0.15, 0.2) is 6.61 Å². The number of rotatable bonds is 15. The molecule has 2 nitrogen and oxygen atoms in total. The Morgan fingerprint density at radius 2 is 1.20 bits per heavy atom. The fourth-order valence-corrected chi connectivity index (χ4v) is 4.87. The minimum absolute atomic E-state index is 0.160. The normalized spacial score (nSPS) is 11.6. The molecule has 0 atom stereocenters. The van der Waals surface area contributed by atoms with E-state index in [0.717, 1.165) is 48.1 Å². The van der Waals surface area contributed by atoms with Gasteiger partial charge in [-0.05, 0) is 84.0 Å². The van der Waals surface area contributed by atoms with Gasteiger partial charge in [-0.3, -0.25) is 0 Å². The number of unbranched alkanes of at least 4 members (excludes halogenated alkanes) is 4. The summed E-state index contributed by atoms with van der Waals surface area (Å²) in [6.07, 6.45) is 4.56. The van der Waals surface area contributed by atoms with Crippen LogP contribution in [0.3, 0.4) is 0 Å². The minimum atomic E-state index is -4.37. The number of ether oxygens (including phenoxy) is 2. The molecule has 0 heterocycles. The maximum atomic E-state index is 15.3. The molecule has 4 rings (SSSR count). The molecule has 41 heavy (non-hydrogen) atoms. The Balaban J connectivity index is 1.27. The summed E-state index contributed by atoms with van der Waals surface area (Å²) in [7, 11) is 0. The van der Waals surface area contributed by atoms with Crippen molar-refractivity contribution in [3.05, 3.63) is 107 Å². The predicted molar refractivity (Wildman–Crippen MR) is 157 cm³/mol. The van der Waals surface area contributed by atoms with Crippen LogP contribution in [0.2, 0.25) is 0 Å². The molecule has 0 saturated carbocycles. The van der Waals surface area contributed by atoms with Gasteiger partial charge in [0.1, 0.15) is 17.3 Å². The van der Waals surface area contributed by atoms with Crippen molar-refractivity contribution < 1.29 is 27.0 Å². The summed E-state index contributed by atoms with van der Waals surface area (Å²) in [5.74, 6) is 0.849. The number of hydrogen-bond donors (Lipinski definition) is 0. The third-order valence-corrected chi connectivity index (χ3v) is 7.25. The fourth-order valence-electron chi connectivity index (χ4n) is 4.87. The van der Waals surface area contributed by atoms with Crippen LogP contribution in [-0.4, -0.2) is 19.4 Å². The maximum Gasteiger partial charge on any atom is 0.422 e. The Hall–Kier alpha value is -3.54. The van der Waals surface area contributed by atoms with E-state index in [1.54, 1.807) is 12.1 Å². The van der Waals surface area contributed by atoms with Crippen molar-refractivity contribution in [1.82, 2.24) is 0 Å². The highest BCUT2D eigenvalue weighted by Gasteiger charge is 2.28. The Bertz CT molecular complexity index is 1360. The van der Waals surface area contributed by atoms with Gasteiger partial charge in [-0.25, -0.2) is 4.39 Å². The van der Waals surface area contributed by atoms with Crippen LogP contribution in [0.15, 0.2) is 78.9 Å². The number of halogens is 4. The molecule has 6 heteroatoms. The van der Waals surface area contributed by atoms with Gasteiger partial charge in [0.25, 0.3) is 0 Å². The number of benzene rings is 4. The first-order valence-corrected chi connectivity index (χ1v) is 14.5. The van der Waals surface area contributed by atoms with Gasteiger partial charge in [0.2, 0.25) is 0 Å². The van der Waals surface area contributed by atoms with E-state index in [2.05, 4.69) is 25.1 Å². The Morgan fingerprint density at radius 3 is 1.85 bits per heavy atom. The highest BCUT2D eigenvalue weighted by molar-refractivity contribution is 5.84. The van der Waals surface area contributed by atoms with Crippen LogP contribution in [0.25, 0.3) is 10.8 Å². The van der Waals surface area contributed by atoms with Crippen LogP contribution in [-0.2, 0) is 25.7 Å². The van der Waals surface area contributed by atoms with Crippen LogP contribution in [0.1, 0.15) is 61.3 Å². The Labute approximate surface area is 240 Å². The lowest BCUT2D eigenvalue weighted by molar-refractivity contribution is -0.153. The second-order valence-electron chi connectivity index (χ2n) is 10.5. The molecular formula is C35H38F4O2. The quantitative estimate of drug-likeness (QED) is 0.105. The molecular weight excluding hydrogens is 528 g/mol. The second kappa shape index (κ2) is 14.9. The molecule has 0 fully saturated rings. The number of alkyl halides is 3. The van der Waals surface area contributed by atoms with E-state index in [4.69, 9.17) is 9.47 Å². The summed E-state index contributed by atoms with van der Waals surface area (Å²) in [4.78, 5) is 0. The van der Waals surface area contributed by atoms with Crippen LogP contribution in [0.5, 0.6) is 11.5 Å². The maximum absolute atomic E-state index is 15.3. The summed E-state index contributed by atoms with van der Waals surface area (Å²) < 4.78 is 62.9. The molecule has 0 aliphatic rings. The van der Waals surface area contributed by atoms with Crippen molar-refractivity contribution in [3.63, 3.8) is 0 Å². The smallest absolute Gasteiger partial charge is 0.422 e. The largest absolute Gasteiger partial charge is 0.494 e. The van der Waals surface area contributed by atoms with Gasteiger partial charge in [0, 0.05) is 5.39 Å². The summed E-state index contributed by atoms with van der Waals surface area (Å²) in [5, 5.41) is 1.47. The SMILES string of the molecule is CCCCCCCOc1ccc(CCc2ccc3c(F)c(CCc4ccc(OCC(F)(F)F)cc4)ccc3c2)cc1. The van der Waals surface area contributed by atoms with Gasteiger partial charge < -0.3 is 9.47 Å². The predicted octanol–water partition coefficient (Wildman–Crippen LogP) is 9.84. The molecule has 0 aliphatic heterocycles. The molecule has 0 amide bonds. The average molecular weight is 567 g/mol. The van der Waals surface area contributed by atoms with E-state index in [1.165, 1.54) is 43.4 Å². The molecule has 0 unspecified atom stereocenters. The summed E-state index contributed by atoms with van der Waals surface area (Å²) in [6, 6.07) is 24.4. The van der Waals surface area contributed by atoms with E-state index in [1.807, 2.05) is 36.4 Å².